The van der Waals surface area contributed by atoms with Gasteiger partial charge in [-0.1, -0.05) is 38.1 Å². The fraction of sp³-hybridized carbons (Fsp3) is 0.333. The predicted molar refractivity (Wildman–Crippen MR) is 126 cm³/mol. The smallest absolute Gasteiger partial charge is 0.411 e. The normalized spacial score (nSPS) is 11.9. The summed E-state index contributed by atoms with van der Waals surface area (Å²) in [4.78, 5) is 24.8. The van der Waals surface area contributed by atoms with Gasteiger partial charge >= 0.3 is 6.09 Å². The zero-order valence-electron chi connectivity index (χ0n) is 18.9. The predicted octanol–water partition coefficient (Wildman–Crippen LogP) is 3.46. The van der Waals surface area contributed by atoms with Gasteiger partial charge in [0.05, 0.1) is 20.3 Å². The van der Waals surface area contributed by atoms with Crippen LogP contribution in [-0.4, -0.2) is 50.5 Å². The lowest BCUT2D eigenvalue weighted by Crippen LogP contribution is -2.46. The molecule has 32 heavy (non-hydrogen) atoms. The molecular formula is C24H31N3O5. The van der Waals surface area contributed by atoms with Gasteiger partial charge in [0.1, 0.15) is 11.5 Å². The molecule has 1 atom stereocenters. The zero-order chi connectivity index (χ0) is 23.7. The standard InChI is InChI=1S/C24H31N3O5/c1-16(2)22(25)23(28)26-11-12-27(24(29)30)19-9-7-17(8-10-19)5-6-18-13-20(31-3)15-21(14-18)32-4/h5-10,13-16,22H,11-12,25H2,1-4H3,(H,26,28)(H,29,30)/b6-5+. The minimum absolute atomic E-state index is 0.00392. The van der Waals surface area contributed by atoms with Gasteiger partial charge < -0.3 is 25.6 Å². The van der Waals surface area contributed by atoms with Crippen LogP contribution in [0.2, 0.25) is 0 Å². The molecule has 0 fully saturated rings. The molecule has 8 heteroatoms. The van der Waals surface area contributed by atoms with E-state index in [9.17, 15) is 14.7 Å². The van der Waals surface area contributed by atoms with Gasteiger partial charge in [-0.3, -0.25) is 9.69 Å². The Kier molecular flexibility index (Phi) is 9.09. The number of nitrogens with zero attached hydrogens (tertiary/aromatic N) is 1. The number of carboxylic acid groups (broad SMARTS) is 1. The highest BCUT2D eigenvalue weighted by molar-refractivity contribution is 5.87. The number of nitrogens with one attached hydrogen (secondary N) is 1. The Morgan fingerprint density at radius 1 is 1.03 bits per heavy atom. The Bertz CT molecular complexity index is 919. The first-order chi connectivity index (χ1) is 15.2. The maximum Gasteiger partial charge on any atom is 0.411 e. The number of carbonyl (C=O) groups excluding carboxylic acids is 1. The lowest BCUT2D eigenvalue weighted by molar-refractivity contribution is -0.123. The van der Waals surface area contributed by atoms with Crippen LogP contribution in [0, 0.1) is 5.92 Å². The maximum absolute atomic E-state index is 12.0. The van der Waals surface area contributed by atoms with Crippen molar-refractivity contribution in [2.75, 3.05) is 32.2 Å². The first-order valence-electron chi connectivity index (χ1n) is 10.3. The second kappa shape index (κ2) is 11.8. The number of methoxy groups -OCH3 is 2. The highest BCUT2D eigenvalue weighted by Crippen LogP contribution is 2.24. The van der Waals surface area contributed by atoms with Gasteiger partial charge in [0.15, 0.2) is 0 Å². The van der Waals surface area contributed by atoms with Crippen molar-refractivity contribution in [2.45, 2.75) is 19.9 Å². The van der Waals surface area contributed by atoms with Gasteiger partial charge in [-0.05, 0) is 41.3 Å². The molecule has 0 aliphatic heterocycles. The van der Waals surface area contributed by atoms with Gasteiger partial charge in [-0.2, -0.15) is 0 Å². The fourth-order valence-electron chi connectivity index (χ4n) is 2.93. The highest BCUT2D eigenvalue weighted by Gasteiger charge is 2.18. The maximum atomic E-state index is 12.0. The quantitative estimate of drug-likeness (QED) is 0.487. The number of amides is 2. The number of nitrogens with two attached hydrogens (primary N) is 1. The van der Waals surface area contributed by atoms with Gasteiger partial charge in [0, 0.05) is 24.8 Å². The molecule has 4 N–H and O–H groups in total. The average Bonchev–Trinajstić information content (AvgIpc) is 2.79. The Labute approximate surface area is 188 Å². The number of ether oxygens (including phenoxy) is 2. The number of hydrogen-bond donors (Lipinski definition) is 3. The number of carbonyl (C=O) groups is 2. The van der Waals surface area contributed by atoms with Crippen molar-refractivity contribution in [3.63, 3.8) is 0 Å². The summed E-state index contributed by atoms with van der Waals surface area (Å²) in [6.07, 6.45) is 2.73. The van der Waals surface area contributed by atoms with Crippen LogP contribution in [0.15, 0.2) is 42.5 Å². The third-order valence-electron chi connectivity index (χ3n) is 4.93. The third kappa shape index (κ3) is 7.02. The molecule has 2 rings (SSSR count). The molecule has 0 saturated heterocycles. The molecule has 2 amide bonds. The first-order valence-corrected chi connectivity index (χ1v) is 10.3. The summed E-state index contributed by atoms with van der Waals surface area (Å²) in [5.41, 5.74) is 8.13. The first kappa shape index (κ1) is 24.7. The summed E-state index contributed by atoms with van der Waals surface area (Å²) < 4.78 is 10.6. The molecule has 0 aliphatic carbocycles. The van der Waals surface area contributed by atoms with Crippen molar-refractivity contribution >= 4 is 29.8 Å². The molecule has 8 nitrogen and oxygen atoms in total. The Hall–Kier alpha value is -3.52. The van der Waals surface area contributed by atoms with Crippen LogP contribution in [0.4, 0.5) is 10.5 Å². The van der Waals surface area contributed by atoms with Crippen molar-refractivity contribution in [3.05, 3.63) is 53.6 Å². The Balaban J connectivity index is 2.05. The van der Waals surface area contributed by atoms with Crippen molar-refractivity contribution in [1.29, 1.82) is 0 Å². The summed E-state index contributed by atoms with van der Waals surface area (Å²) in [5, 5.41) is 12.2. The van der Waals surface area contributed by atoms with Crippen molar-refractivity contribution < 1.29 is 24.2 Å². The second-order valence-electron chi connectivity index (χ2n) is 7.57. The molecule has 0 aliphatic rings. The lowest BCUT2D eigenvalue weighted by atomic mass is 10.1. The van der Waals surface area contributed by atoms with Crippen LogP contribution in [0.5, 0.6) is 11.5 Å². The summed E-state index contributed by atoms with van der Waals surface area (Å²) in [7, 11) is 3.19. The zero-order valence-corrected chi connectivity index (χ0v) is 18.9. The summed E-state index contributed by atoms with van der Waals surface area (Å²) in [6.45, 7) is 4.00. The van der Waals surface area contributed by atoms with Crippen molar-refractivity contribution in [2.24, 2.45) is 11.7 Å². The monoisotopic (exact) mass is 441 g/mol. The third-order valence-corrected chi connectivity index (χ3v) is 4.93. The molecule has 0 heterocycles. The van der Waals surface area contributed by atoms with E-state index in [2.05, 4.69) is 5.32 Å². The van der Waals surface area contributed by atoms with E-state index in [4.69, 9.17) is 15.2 Å². The molecule has 2 aromatic rings. The van der Waals surface area contributed by atoms with Gasteiger partial charge in [0.25, 0.3) is 0 Å². The van der Waals surface area contributed by atoms with E-state index >= 15 is 0 Å². The molecule has 2 aromatic carbocycles. The van der Waals surface area contributed by atoms with Crippen LogP contribution in [-0.2, 0) is 4.79 Å². The highest BCUT2D eigenvalue weighted by atomic mass is 16.5. The van der Waals surface area contributed by atoms with Gasteiger partial charge in [-0.25, -0.2) is 4.79 Å². The van der Waals surface area contributed by atoms with Crippen LogP contribution >= 0.6 is 0 Å². The van der Waals surface area contributed by atoms with Crippen LogP contribution < -0.4 is 25.4 Å². The van der Waals surface area contributed by atoms with E-state index in [-0.39, 0.29) is 24.9 Å². The second-order valence-corrected chi connectivity index (χ2v) is 7.57. The van der Waals surface area contributed by atoms with Crippen LogP contribution in [0.1, 0.15) is 25.0 Å². The fourth-order valence-corrected chi connectivity index (χ4v) is 2.93. The summed E-state index contributed by atoms with van der Waals surface area (Å²) in [5.74, 6) is 1.10. The summed E-state index contributed by atoms with van der Waals surface area (Å²) in [6, 6.07) is 12.1. The van der Waals surface area contributed by atoms with E-state index in [1.165, 1.54) is 4.90 Å². The van der Waals surface area contributed by atoms with E-state index in [1.54, 1.807) is 32.4 Å². The Morgan fingerprint density at radius 3 is 2.09 bits per heavy atom. The lowest BCUT2D eigenvalue weighted by Gasteiger charge is -2.21. The number of benzene rings is 2. The van der Waals surface area contributed by atoms with E-state index in [1.807, 2.05) is 50.3 Å². The largest absolute Gasteiger partial charge is 0.497 e. The number of rotatable bonds is 10. The molecule has 0 aromatic heterocycles. The Morgan fingerprint density at radius 2 is 1.59 bits per heavy atom. The average molecular weight is 442 g/mol. The molecular weight excluding hydrogens is 410 g/mol. The topological polar surface area (TPSA) is 114 Å². The van der Waals surface area contributed by atoms with Crippen LogP contribution in [0.3, 0.4) is 0 Å². The van der Waals surface area contributed by atoms with Crippen LogP contribution in [0.25, 0.3) is 12.2 Å². The molecule has 0 spiro atoms. The van der Waals surface area contributed by atoms with E-state index in [0.717, 1.165) is 11.1 Å². The SMILES string of the molecule is COc1cc(/C=C/c2ccc(N(CCNC(=O)C(N)C(C)C)C(=O)O)cc2)cc(OC)c1. The van der Waals surface area contributed by atoms with E-state index in [0.29, 0.717) is 17.2 Å². The van der Waals surface area contributed by atoms with Gasteiger partial charge in [-0.15, -0.1) is 0 Å². The molecule has 0 radical (unpaired) electrons. The minimum Gasteiger partial charge on any atom is -0.497 e. The summed E-state index contributed by atoms with van der Waals surface area (Å²) >= 11 is 0. The van der Waals surface area contributed by atoms with Crippen molar-refractivity contribution in [3.8, 4) is 11.5 Å². The van der Waals surface area contributed by atoms with E-state index < -0.39 is 12.1 Å². The van der Waals surface area contributed by atoms with Gasteiger partial charge in [0.2, 0.25) is 5.91 Å². The number of anilines is 1. The molecule has 0 saturated carbocycles. The molecule has 0 bridgehead atoms. The molecule has 1 unspecified atom stereocenters. The van der Waals surface area contributed by atoms with Crippen molar-refractivity contribution in [1.82, 2.24) is 5.32 Å². The molecule has 172 valence electrons. The minimum atomic E-state index is -1.10. The number of hydrogen-bond acceptors (Lipinski definition) is 5.